The lowest BCUT2D eigenvalue weighted by atomic mass is 10.0. The number of pyridine rings is 1. The van der Waals surface area contributed by atoms with Crippen molar-refractivity contribution in [3.63, 3.8) is 0 Å². The molecule has 1 saturated carbocycles. The number of carbonyl (C=O) groups excluding carboxylic acids is 2. The fraction of sp³-hybridized carbons (Fsp3) is 0.500. The highest BCUT2D eigenvalue weighted by Crippen LogP contribution is 2.43. The first kappa shape index (κ1) is 30.3. The summed E-state index contributed by atoms with van der Waals surface area (Å²) in [6.07, 6.45) is 4.19. The summed E-state index contributed by atoms with van der Waals surface area (Å²) in [6, 6.07) is 9.80. The zero-order valence-electron chi connectivity index (χ0n) is 25.9. The number of nitriles is 1. The number of aryl methyl sites for hydroxylation is 2. The van der Waals surface area contributed by atoms with Crippen LogP contribution < -0.4 is 16.0 Å². The smallest absolute Gasteiger partial charge is 0.254 e. The fourth-order valence-electron chi connectivity index (χ4n) is 7.05. The lowest BCUT2D eigenvalue weighted by Crippen LogP contribution is -2.52. The van der Waals surface area contributed by atoms with Gasteiger partial charge in [-0.3, -0.25) is 9.59 Å². The maximum Gasteiger partial charge on any atom is 0.254 e. The lowest BCUT2D eigenvalue weighted by molar-refractivity contribution is -0.123. The number of alkyl halides is 1. The molecule has 1 saturated heterocycles. The minimum Gasteiger partial charge on any atom is -0.348 e. The van der Waals surface area contributed by atoms with Crippen LogP contribution in [0.5, 0.6) is 0 Å². The average molecular weight is 629 g/mol. The van der Waals surface area contributed by atoms with Gasteiger partial charge in [-0.25, -0.2) is 18.7 Å². The van der Waals surface area contributed by atoms with E-state index in [4.69, 9.17) is 9.97 Å². The third-order valence-corrected chi connectivity index (χ3v) is 9.76. The van der Waals surface area contributed by atoms with Gasteiger partial charge in [-0.2, -0.15) is 5.26 Å². The Balaban J connectivity index is 1.30. The maximum atomic E-state index is 15.5. The molecular formula is C34H38F2N8O2. The van der Waals surface area contributed by atoms with Crippen molar-refractivity contribution in [2.24, 2.45) is 11.8 Å². The van der Waals surface area contributed by atoms with Gasteiger partial charge >= 0.3 is 0 Å². The largest absolute Gasteiger partial charge is 0.348 e. The van der Waals surface area contributed by atoms with Gasteiger partial charge in [-0.1, -0.05) is 12.8 Å². The van der Waals surface area contributed by atoms with Crippen molar-refractivity contribution >= 4 is 33.9 Å². The van der Waals surface area contributed by atoms with Crippen LogP contribution in [0.15, 0.2) is 30.3 Å². The van der Waals surface area contributed by atoms with Crippen LogP contribution in [0.25, 0.3) is 33.6 Å². The minimum atomic E-state index is -1.21. The standard InChI is InChI=1S/C34H38F2N8O2/c1-19-26-8-7-21-15-30(44(31(21)40-26)12-4-2-3-6-20-14-22(20)33(45)39-19)32-41-27-16-23(25(36)17-29(27)43(32)13-5-10-37)34(46)42-28-18-38-11-9-24(28)35/h7-8,15-17,19-20,22,24,28,38H,2-6,9,11-14,18H2,1H3,(H,39,45)(H,42,46)/t19-,20-,22-,24+,28+/m1/s1. The van der Waals surface area contributed by atoms with E-state index in [1.807, 2.05) is 29.7 Å². The summed E-state index contributed by atoms with van der Waals surface area (Å²) in [7, 11) is 0. The molecule has 0 spiro atoms. The number of piperidine rings is 1. The zero-order chi connectivity index (χ0) is 31.9. The topological polar surface area (TPSA) is 130 Å². The SMILES string of the molecule is C[C@H]1NC(=O)[C@@H]2C[C@H]2CCCCCn2c(-c3nc4cc(C(=O)N[C@H]5CNCC[C@@H]5F)c(F)cc4n3CCC#N)cc3ccc1nc32. The second-order valence-corrected chi connectivity index (χ2v) is 12.9. The minimum absolute atomic E-state index is 0.0962. The van der Waals surface area contributed by atoms with Crippen LogP contribution in [0.4, 0.5) is 8.78 Å². The highest BCUT2D eigenvalue weighted by atomic mass is 19.1. The van der Waals surface area contributed by atoms with Gasteiger partial charge in [0.2, 0.25) is 5.91 Å². The van der Waals surface area contributed by atoms with Crippen molar-refractivity contribution in [1.82, 2.24) is 35.1 Å². The van der Waals surface area contributed by atoms with E-state index in [1.54, 1.807) is 0 Å². The Morgan fingerprint density at radius 1 is 1.17 bits per heavy atom. The van der Waals surface area contributed by atoms with E-state index in [1.165, 1.54) is 12.1 Å². The van der Waals surface area contributed by atoms with Gasteiger partial charge in [0.25, 0.3) is 5.91 Å². The van der Waals surface area contributed by atoms with Crippen LogP contribution >= 0.6 is 0 Å². The molecule has 1 aromatic carbocycles. The highest BCUT2D eigenvalue weighted by Gasteiger charge is 2.42. The Hall–Kier alpha value is -4.37. The number of benzene rings is 1. The van der Waals surface area contributed by atoms with E-state index in [0.29, 0.717) is 35.9 Å². The molecule has 12 heteroatoms. The molecule has 10 nitrogen and oxygen atoms in total. The van der Waals surface area contributed by atoms with Crippen molar-refractivity contribution in [3.05, 3.63) is 47.4 Å². The van der Waals surface area contributed by atoms with E-state index in [2.05, 4.69) is 26.6 Å². The third kappa shape index (κ3) is 5.73. The molecule has 2 amide bonds. The lowest BCUT2D eigenvalue weighted by Gasteiger charge is -2.27. The number of carbonyl (C=O) groups is 2. The zero-order valence-corrected chi connectivity index (χ0v) is 25.9. The Morgan fingerprint density at radius 2 is 2.04 bits per heavy atom. The highest BCUT2D eigenvalue weighted by molar-refractivity contribution is 5.98. The fourth-order valence-corrected chi connectivity index (χ4v) is 7.05. The van der Waals surface area contributed by atoms with Crippen molar-refractivity contribution in [3.8, 4) is 17.6 Å². The maximum absolute atomic E-state index is 15.5. The van der Waals surface area contributed by atoms with Crippen LogP contribution in [-0.4, -0.2) is 56.2 Å². The molecule has 3 aliphatic rings. The first-order valence-corrected chi connectivity index (χ1v) is 16.4. The summed E-state index contributed by atoms with van der Waals surface area (Å²) in [6.45, 7) is 3.71. The van der Waals surface area contributed by atoms with Crippen LogP contribution in [0, 0.1) is 29.0 Å². The molecular weight excluding hydrogens is 590 g/mol. The van der Waals surface area contributed by atoms with Crippen molar-refractivity contribution in [2.45, 2.75) is 83.2 Å². The number of fused-ring (bicyclic) bond motifs is 3. The van der Waals surface area contributed by atoms with Gasteiger partial charge in [-0.15, -0.1) is 0 Å². The van der Waals surface area contributed by atoms with Crippen molar-refractivity contribution < 1.29 is 18.4 Å². The molecule has 2 fully saturated rings. The van der Waals surface area contributed by atoms with Crippen LogP contribution in [0.2, 0.25) is 0 Å². The molecule has 5 heterocycles. The monoisotopic (exact) mass is 628 g/mol. The average Bonchev–Trinajstić information content (AvgIpc) is 3.62. The Labute approximate surface area is 265 Å². The Bertz CT molecular complexity index is 1860. The molecule has 0 unspecified atom stereocenters. The summed E-state index contributed by atoms with van der Waals surface area (Å²) in [5, 5.41) is 19.2. The van der Waals surface area contributed by atoms with Crippen LogP contribution in [0.1, 0.15) is 74.0 Å². The van der Waals surface area contributed by atoms with Gasteiger partial charge in [0.15, 0.2) is 5.82 Å². The van der Waals surface area contributed by atoms with Gasteiger partial charge in [-0.05, 0) is 69.3 Å². The number of aromatic nitrogens is 4. The van der Waals surface area contributed by atoms with E-state index in [-0.39, 0.29) is 49.4 Å². The first-order chi connectivity index (χ1) is 22.3. The molecule has 46 heavy (non-hydrogen) atoms. The van der Waals surface area contributed by atoms with E-state index in [0.717, 1.165) is 54.5 Å². The van der Waals surface area contributed by atoms with E-state index >= 15 is 4.39 Å². The number of nitrogens with zero attached hydrogens (tertiary/aromatic N) is 5. The molecule has 5 atom stereocenters. The molecule has 3 aromatic heterocycles. The molecule has 3 N–H and O–H groups in total. The normalized spacial score (nSPS) is 25.1. The number of imidazole rings is 1. The Morgan fingerprint density at radius 3 is 2.87 bits per heavy atom. The predicted octanol–water partition coefficient (Wildman–Crippen LogP) is 4.92. The van der Waals surface area contributed by atoms with Gasteiger partial charge in [0.1, 0.15) is 17.6 Å². The number of hydrogen-bond acceptors (Lipinski definition) is 6. The second-order valence-electron chi connectivity index (χ2n) is 12.9. The number of rotatable bonds is 5. The molecule has 7 rings (SSSR count). The Kier molecular flexibility index (Phi) is 8.19. The van der Waals surface area contributed by atoms with Gasteiger partial charge < -0.3 is 25.1 Å². The molecule has 0 radical (unpaired) electrons. The van der Waals surface area contributed by atoms with Crippen LogP contribution in [-0.2, 0) is 17.9 Å². The number of halogens is 2. The molecule has 2 bridgehead atoms. The first-order valence-electron chi connectivity index (χ1n) is 16.4. The van der Waals surface area contributed by atoms with Gasteiger partial charge in [0, 0.05) is 37.0 Å². The van der Waals surface area contributed by atoms with Gasteiger partial charge in [0.05, 0.1) is 52.6 Å². The number of nitrogens with one attached hydrogen (secondary N) is 3. The molecule has 2 aliphatic heterocycles. The second kappa shape index (κ2) is 12.4. The van der Waals surface area contributed by atoms with E-state index in [9.17, 15) is 19.2 Å². The number of amides is 2. The summed E-state index contributed by atoms with van der Waals surface area (Å²) < 4.78 is 33.9. The predicted molar refractivity (Wildman–Crippen MR) is 169 cm³/mol. The van der Waals surface area contributed by atoms with E-state index < -0.39 is 23.9 Å². The quantitative estimate of drug-likeness (QED) is 0.288. The summed E-state index contributed by atoms with van der Waals surface area (Å²) in [4.78, 5) is 35.9. The third-order valence-electron chi connectivity index (χ3n) is 9.76. The summed E-state index contributed by atoms with van der Waals surface area (Å²) in [5.74, 6) is -0.234. The van der Waals surface area contributed by atoms with Crippen LogP contribution in [0.3, 0.4) is 0 Å². The van der Waals surface area contributed by atoms with Crippen molar-refractivity contribution in [2.75, 3.05) is 13.1 Å². The number of hydrogen-bond donors (Lipinski definition) is 3. The molecule has 4 aromatic rings. The summed E-state index contributed by atoms with van der Waals surface area (Å²) >= 11 is 0. The van der Waals surface area contributed by atoms with Crippen molar-refractivity contribution in [1.29, 1.82) is 5.26 Å². The summed E-state index contributed by atoms with van der Waals surface area (Å²) in [5.41, 5.74) is 2.97. The molecule has 240 valence electrons. The molecule has 1 aliphatic carbocycles.